The molecule has 19 heavy (non-hydrogen) atoms. The Morgan fingerprint density at radius 1 is 1.37 bits per heavy atom. The highest BCUT2D eigenvalue weighted by Crippen LogP contribution is 2.16. The summed E-state index contributed by atoms with van der Waals surface area (Å²) >= 11 is 0. The molecule has 0 aliphatic carbocycles. The van der Waals surface area contributed by atoms with E-state index in [1.165, 1.54) is 0 Å². The molecule has 2 aromatic rings. The summed E-state index contributed by atoms with van der Waals surface area (Å²) < 4.78 is 7.47. The largest absolute Gasteiger partial charge is 0.378 e. The number of fused-ring (bicyclic) bond motifs is 1. The van der Waals surface area contributed by atoms with E-state index >= 15 is 0 Å². The molecule has 0 aliphatic rings. The van der Waals surface area contributed by atoms with Crippen molar-refractivity contribution in [3.8, 4) is 0 Å². The standard InChI is InChI=1S/C13H21N5O/c1-10-8-11-12(15-9-10)18(13(14)16-11)5-7-19-6-4-17(2)3/h8-9H,4-7H2,1-3H3,(H2,14,16). The summed E-state index contributed by atoms with van der Waals surface area (Å²) in [6, 6.07) is 1.99. The zero-order chi connectivity index (χ0) is 13.8. The van der Waals surface area contributed by atoms with Crippen LogP contribution in [0, 0.1) is 6.92 Å². The van der Waals surface area contributed by atoms with Crippen LogP contribution in [0.2, 0.25) is 0 Å². The van der Waals surface area contributed by atoms with Gasteiger partial charge in [0.05, 0.1) is 19.8 Å². The van der Waals surface area contributed by atoms with Crippen molar-refractivity contribution in [1.82, 2.24) is 19.4 Å². The Kier molecular flexibility index (Phi) is 4.34. The highest BCUT2D eigenvalue weighted by Gasteiger charge is 2.09. The van der Waals surface area contributed by atoms with Crippen LogP contribution in [-0.2, 0) is 11.3 Å². The molecule has 0 bridgehead atoms. The van der Waals surface area contributed by atoms with E-state index in [9.17, 15) is 0 Å². The molecule has 0 aliphatic heterocycles. The summed E-state index contributed by atoms with van der Waals surface area (Å²) in [6.45, 7) is 4.90. The highest BCUT2D eigenvalue weighted by molar-refractivity contribution is 5.74. The lowest BCUT2D eigenvalue weighted by Crippen LogP contribution is -2.19. The molecule has 0 radical (unpaired) electrons. The van der Waals surface area contributed by atoms with Crippen molar-refractivity contribution >= 4 is 17.1 Å². The summed E-state index contributed by atoms with van der Waals surface area (Å²) in [5.41, 5.74) is 8.65. The number of aryl methyl sites for hydroxylation is 1. The molecule has 0 saturated carbocycles. The van der Waals surface area contributed by atoms with E-state index < -0.39 is 0 Å². The monoisotopic (exact) mass is 263 g/mol. The summed E-state index contributed by atoms with van der Waals surface area (Å²) in [5, 5.41) is 0. The normalized spacial score (nSPS) is 11.6. The molecule has 2 heterocycles. The van der Waals surface area contributed by atoms with E-state index in [0.29, 0.717) is 25.7 Å². The number of nitrogens with two attached hydrogens (primary N) is 1. The van der Waals surface area contributed by atoms with Gasteiger partial charge >= 0.3 is 0 Å². The van der Waals surface area contributed by atoms with Crippen molar-refractivity contribution in [2.45, 2.75) is 13.5 Å². The molecule has 0 fully saturated rings. The molecule has 0 aromatic carbocycles. The third-order valence-electron chi connectivity index (χ3n) is 2.89. The molecule has 2 aromatic heterocycles. The number of hydrogen-bond acceptors (Lipinski definition) is 5. The molecule has 0 unspecified atom stereocenters. The second-order valence-corrected chi connectivity index (χ2v) is 4.89. The number of anilines is 1. The lowest BCUT2D eigenvalue weighted by atomic mass is 10.3. The predicted octanol–water partition coefficient (Wildman–Crippen LogP) is 0.900. The van der Waals surface area contributed by atoms with Crippen molar-refractivity contribution in [3.63, 3.8) is 0 Å². The van der Waals surface area contributed by atoms with E-state index in [-0.39, 0.29) is 0 Å². The molecule has 0 spiro atoms. The number of hydrogen-bond donors (Lipinski definition) is 1. The van der Waals surface area contributed by atoms with E-state index in [4.69, 9.17) is 10.5 Å². The first-order valence-corrected chi connectivity index (χ1v) is 6.39. The van der Waals surface area contributed by atoms with Crippen LogP contribution in [0.5, 0.6) is 0 Å². The van der Waals surface area contributed by atoms with Crippen molar-refractivity contribution in [1.29, 1.82) is 0 Å². The molecule has 0 atom stereocenters. The number of likely N-dealkylation sites (N-methyl/N-ethyl adjacent to an activating group) is 1. The van der Waals surface area contributed by atoms with Crippen molar-refractivity contribution in [2.24, 2.45) is 0 Å². The molecule has 2 rings (SSSR count). The maximum absolute atomic E-state index is 5.91. The Morgan fingerprint density at radius 3 is 2.89 bits per heavy atom. The third-order valence-corrected chi connectivity index (χ3v) is 2.89. The number of aromatic nitrogens is 3. The Labute approximate surface area is 113 Å². The van der Waals surface area contributed by atoms with Gasteiger partial charge in [0.1, 0.15) is 5.52 Å². The van der Waals surface area contributed by atoms with Crippen LogP contribution in [0.25, 0.3) is 11.2 Å². The molecule has 6 heteroatoms. The zero-order valence-corrected chi connectivity index (χ0v) is 11.8. The van der Waals surface area contributed by atoms with Gasteiger partial charge in [0.25, 0.3) is 0 Å². The van der Waals surface area contributed by atoms with Crippen LogP contribution in [0.4, 0.5) is 5.95 Å². The minimum atomic E-state index is 0.490. The van der Waals surface area contributed by atoms with Gasteiger partial charge in [0.2, 0.25) is 5.95 Å². The first kappa shape index (κ1) is 13.8. The number of ether oxygens (including phenoxy) is 1. The Bertz CT molecular complexity index is 549. The second-order valence-electron chi connectivity index (χ2n) is 4.89. The molecule has 6 nitrogen and oxygen atoms in total. The SMILES string of the molecule is Cc1cnc2c(c1)nc(N)n2CCOCCN(C)C. The fraction of sp³-hybridized carbons (Fsp3) is 0.538. The quantitative estimate of drug-likeness (QED) is 0.784. The van der Waals surface area contributed by atoms with Gasteiger partial charge in [-0.3, -0.25) is 4.57 Å². The lowest BCUT2D eigenvalue weighted by Gasteiger charge is -2.10. The van der Waals surface area contributed by atoms with Crippen molar-refractivity contribution < 1.29 is 4.74 Å². The fourth-order valence-corrected chi connectivity index (χ4v) is 1.85. The number of imidazole rings is 1. The first-order chi connectivity index (χ1) is 9.08. The van der Waals surface area contributed by atoms with Crippen LogP contribution in [0.15, 0.2) is 12.3 Å². The minimum absolute atomic E-state index is 0.490. The predicted molar refractivity (Wildman–Crippen MR) is 76.1 cm³/mol. The third kappa shape index (κ3) is 3.42. The van der Waals surface area contributed by atoms with Crippen LogP contribution in [0.3, 0.4) is 0 Å². The van der Waals surface area contributed by atoms with Gasteiger partial charge in [-0.1, -0.05) is 0 Å². The molecular weight excluding hydrogens is 242 g/mol. The zero-order valence-electron chi connectivity index (χ0n) is 11.8. The maximum Gasteiger partial charge on any atom is 0.202 e. The summed E-state index contributed by atoms with van der Waals surface area (Å²) in [7, 11) is 4.05. The van der Waals surface area contributed by atoms with Crippen LogP contribution in [0.1, 0.15) is 5.56 Å². The smallest absolute Gasteiger partial charge is 0.202 e. The average molecular weight is 263 g/mol. The highest BCUT2D eigenvalue weighted by atomic mass is 16.5. The van der Waals surface area contributed by atoms with Gasteiger partial charge in [-0.05, 0) is 32.6 Å². The first-order valence-electron chi connectivity index (χ1n) is 6.39. The van der Waals surface area contributed by atoms with Crippen LogP contribution >= 0.6 is 0 Å². The Balaban J connectivity index is 1.98. The Hall–Kier alpha value is -1.66. The summed E-state index contributed by atoms with van der Waals surface area (Å²) in [4.78, 5) is 10.8. The lowest BCUT2D eigenvalue weighted by molar-refractivity contribution is 0.112. The van der Waals surface area contributed by atoms with Crippen LogP contribution < -0.4 is 5.73 Å². The number of rotatable bonds is 6. The Morgan fingerprint density at radius 2 is 2.16 bits per heavy atom. The van der Waals surface area contributed by atoms with Gasteiger partial charge in [-0.25, -0.2) is 9.97 Å². The van der Waals surface area contributed by atoms with E-state index in [1.54, 1.807) is 0 Å². The summed E-state index contributed by atoms with van der Waals surface area (Å²) in [6.07, 6.45) is 1.83. The van der Waals surface area contributed by atoms with Gasteiger partial charge in [0.15, 0.2) is 5.65 Å². The molecular formula is C13H21N5O. The molecule has 2 N–H and O–H groups in total. The molecule has 0 amide bonds. The summed E-state index contributed by atoms with van der Waals surface area (Å²) in [5.74, 6) is 0.490. The average Bonchev–Trinajstić information content (AvgIpc) is 2.64. The van der Waals surface area contributed by atoms with Gasteiger partial charge < -0.3 is 15.4 Å². The van der Waals surface area contributed by atoms with Gasteiger partial charge in [-0.15, -0.1) is 0 Å². The fourth-order valence-electron chi connectivity index (χ4n) is 1.85. The minimum Gasteiger partial charge on any atom is -0.378 e. The molecule has 104 valence electrons. The van der Waals surface area contributed by atoms with Gasteiger partial charge in [-0.2, -0.15) is 0 Å². The van der Waals surface area contributed by atoms with Gasteiger partial charge in [0, 0.05) is 12.7 Å². The second kappa shape index (κ2) is 5.99. The number of pyridine rings is 1. The maximum atomic E-state index is 5.91. The van der Waals surface area contributed by atoms with Crippen molar-refractivity contribution in [3.05, 3.63) is 17.8 Å². The van der Waals surface area contributed by atoms with E-state index in [0.717, 1.165) is 23.3 Å². The topological polar surface area (TPSA) is 69.2 Å². The number of nitrogen functional groups attached to an aromatic ring is 1. The van der Waals surface area contributed by atoms with Crippen molar-refractivity contribution in [2.75, 3.05) is 39.6 Å². The van der Waals surface area contributed by atoms with E-state index in [2.05, 4.69) is 14.9 Å². The van der Waals surface area contributed by atoms with Crippen LogP contribution in [-0.4, -0.2) is 53.3 Å². The molecule has 0 saturated heterocycles. The number of nitrogens with zero attached hydrogens (tertiary/aromatic N) is 4. The van der Waals surface area contributed by atoms with E-state index in [1.807, 2.05) is 37.8 Å².